The van der Waals surface area contributed by atoms with E-state index in [-0.39, 0.29) is 30.5 Å². The van der Waals surface area contributed by atoms with Crippen LogP contribution in [0.1, 0.15) is 57.8 Å². The van der Waals surface area contributed by atoms with Crippen molar-refractivity contribution in [1.82, 2.24) is 98.3 Å². The number of benzene rings is 5. The number of halogens is 5. The van der Waals surface area contributed by atoms with E-state index in [4.69, 9.17) is 112 Å². The van der Waals surface area contributed by atoms with Crippen molar-refractivity contribution in [3.05, 3.63) is 239 Å². The zero-order valence-corrected chi connectivity index (χ0v) is 85.9. The molecule has 15 aromatic rings. The van der Waals surface area contributed by atoms with E-state index in [9.17, 15) is 9.59 Å². The van der Waals surface area contributed by atoms with Crippen LogP contribution in [0.2, 0.25) is 25.1 Å². The SMILES string of the molecule is CN1CCC(CCC(=O)C2CCCCN2c2nn(-c3ccc(Cl)cc3)c3cnccc23)CC1.CN1CCN(CCC2COCCN2c2nn(-c3ccc(Cl)cc3)c3cnccc23)CC1.COC(=O)CC1COCCN1c1nn(-c2ccc(Cl)cc2)c2cnccc12.Clc1ccc(-n2nc(N3CCOCC3CN3CCOCC3)c3ccncc32)cc1.Clc1ccc(-n2nc(NCCN3CCOCC3)c3ccncc32)cc1. The summed E-state index contributed by atoms with van der Waals surface area (Å²) in [6.07, 6.45) is 26.8. The highest BCUT2D eigenvalue weighted by Crippen LogP contribution is 2.39. The number of fused-ring (bicyclic) bond motifs is 5. The van der Waals surface area contributed by atoms with E-state index in [1.165, 1.54) is 20.0 Å². The number of nitrogens with zero attached hydrogens (tertiary/aromatic N) is 24. The van der Waals surface area contributed by atoms with Crippen molar-refractivity contribution in [2.45, 2.75) is 82.0 Å². The maximum Gasteiger partial charge on any atom is 0.307 e. The van der Waals surface area contributed by atoms with Gasteiger partial charge in [0.2, 0.25) is 0 Å². The van der Waals surface area contributed by atoms with Gasteiger partial charge in [-0.15, -0.1) is 25.5 Å². The van der Waals surface area contributed by atoms with Crippen molar-refractivity contribution in [3.8, 4) is 28.4 Å². The van der Waals surface area contributed by atoms with Gasteiger partial charge in [0.15, 0.2) is 34.9 Å². The molecule has 8 fully saturated rings. The average Bonchev–Trinajstić information content (AvgIpc) is 1.61. The van der Waals surface area contributed by atoms with E-state index in [0.29, 0.717) is 77.2 Å². The molecule has 0 saturated carbocycles. The maximum atomic E-state index is 13.4. The number of ether oxygens (including phenoxy) is 6. The second-order valence-electron chi connectivity index (χ2n) is 37.8. The first kappa shape index (κ1) is 102. The first-order valence-corrected chi connectivity index (χ1v) is 52.2. The van der Waals surface area contributed by atoms with Gasteiger partial charge in [-0.25, -0.2) is 23.4 Å². The molecular weight excluding hydrogens is 1940 g/mol. The number of piperazine rings is 1. The number of piperidine rings is 2. The predicted molar refractivity (Wildman–Crippen MR) is 573 cm³/mol. The number of methoxy groups -OCH3 is 1. The Morgan fingerprint density at radius 2 is 0.717 bits per heavy atom. The third-order valence-corrected chi connectivity index (χ3v) is 29.6. The normalized spacial score (nSPS) is 19.3. The largest absolute Gasteiger partial charge is 0.469 e. The number of rotatable bonds is 24. The van der Waals surface area contributed by atoms with Gasteiger partial charge in [0.05, 0.1) is 191 Å². The van der Waals surface area contributed by atoms with Crippen LogP contribution in [0.15, 0.2) is 214 Å². The summed E-state index contributed by atoms with van der Waals surface area (Å²) in [6.45, 7) is 25.0. The molecule has 8 aliphatic heterocycles. The molecule has 0 amide bonds. The lowest BCUT2D eigenvalue weighted by Gasteiger charge is -2.39. The van der Waals surface area contributed by atoms with Crippen LogP contribution in [-0.2, 0) is 38.0 Å². The zero-order valence-electron chi connectivity index (χ0n) is 82.1. The average molecular weight is 2070 g/mol. The first-order valence-electron chi connectivity index (χ1n) is 50.3. The molecule has 4 unspecified atom stereocenters. The van der Waals surface area contributed by atoms with Gasteiger partial charge < -0.3 is 68.0 Å². The maximum absolute atomic E-state index is 13.4. The van der Waals surface area contributed by atoms with E-state index in [0.717, 1.165) is 300 Å². The Kier molecular flexibility index (Phi) is 34.7. The number of hydrogen-bond donors (Lipinski definition) is 1. The number of carbonyl (C=O) groups is 2. The topological polar surface area (TPSA) is 284 Å². The number of carbonyl (C=O) groups excluding carboxylic acids is 2. The first-order chi connectivity index (χ1) is 71.1. The summed E-state index contributed by atoms with van der Waals surface area (Å²) in [5, 5.41) is 36.9. The number of anilines is 5. The summed E-state index contributed by atoms with van der Waals surface area (Å²) in [5.41, 5.74) is 9.53. The minimum atomic E-state index is -0.265. The number of likely N-dealkylation sites (N-methyl/N-ethyl adjacent to an activating group) is 1. The minimum Gasteiger partial charge on any atom is -0.469 e. The molecule has 1 N–H and O–H groups in total. The zero-order chi connectivity index (χ0) is 99.5. The number of Topliss-reactive ketones (excluding diaryl/α,β-unsaturated/α-hetero) is 1. The van der Waals surface area contributed by atoms with Crippen LogP contribution in [0.25, 0.3) is 83.0 Å². The molecule has 5 aromatic carbocycles. The number of aromatic nitrogens is 15. The lowest BCUT2D eigenvalue weighted by molar-refractivity contribution is -0.141. The molecule has 38 heteroatoms. The lowest BCUT2D eigenvalue weighted by atomic mass is 9.88. The van der Waals surface area contributed by atoms with Gasteiger partial charge >= 0.3 is 5.97 Å². The van der Waals surface area contributed by atoms with Gasteiger partial charge in [-0.3, -0.25) is 44.3 Å². The highest BCUT2D eigenvalue weighted by atomic mass is 35.5. The van der Waals surface area contributed by atoms with Crippen molar-refractivity contribution in [2.24, 2.45) is 5.92 Å². The van der Waals surface area contributed by atoms with Crippen molar-refractivity contribution in [3.63, 3.8) is 0 Å². The number of hydrogen-bond acceptors (Lipinski definition) is 28. The molecular formula is C107H124Cl5N25O8. The molecule has 18 heterocycles. The van der Waals surface area contributed by atoms with Gasteiger partial charge in [0.1, 0.15) is 0 Å². The van der Waals surface area contributed by atoms with Gasteiger partial charge in [-0.05, 0) is 230 Å². The van der Waals surface area contributed by atoms with Gasteiger partial charge in [0, 0.05) is 194 Å². The quantitative estimate of drug-likeness (QED) is 0.0550. The molecule has 760 valence electrons. The standard InChI is InChI=1S/C26H32ClN5O.C23H29ClN6O.C21H24ClN5O2.C19H19ClN4O3.C18H20ClN5O/c1-30-16-12-19(13-17-30)5-10-25(33)23-4-2-3-15-31(23)26-22-11-14-28-18-24(22)32(29-26)21-8-6-20(27)7-9-21;1-27-10-12-28(13-11-27)9-7-20-17-31-15-14-29(20)23-21-6-8-25-16-22(21)30(26-23)19-4-2-18(24)3-5-19;22-16-1-3-17(4-2-16)27-20-13-23-6-5-19(20)21(24-27)26-9-12-29-15-18(26)14-25-7-10-28-11-8-25;1-26-18(25)10-15-12-27-9-8-23(15)19-16-6-7-21-11-17(16)24(22-19)14-4-2-13(20)3-5-14;19-14-1-3-15(4-2-14)24-17-13-20-6-5-16(17)18(22-24)21-7-8-23-9-11-25-12-10-23/h6-9,11,14,18-19,23H,2-5,10,12-13,15-17H2,1H3;2-6,8,16,20H,7,9-15,17H2,1H3;1-6,13,18H,7-12,14-15H2;2-7,11,15H,8-10,12H2,1H3;1-6,13H,7-12H2,(H,21,22). The Labute approximate surface area is 869 Å². The molecule has 8 aliphatic rings. The van der Waals surface area contributed by atoms with Crippen molar-refractivity contribution < 1.29 is 38.0 Å². The Hall–Kier alpha value is -11.6. The van der Waals surface area contributed by atoms with Crippen LogP contribution in [0.4, 0.5) is 29.1 Å². The highest BCUT2D eigenvalue weighted by molar-refractivity contribution is 6.32. The van der Waals surface area contributed by atoms with Gasteiger partial charge in [-0.2, -0.15) is 0 Å². The number of ketones is 1. The molecule has 4 atom stereocenters. The van der Waals surface area contributed by atoms with Crippen LogP contribution in [0.5, 0.6) is 0 Å². The second-order valence-corrected chi connectivity index (χ2v) is 40.0. The van der Waals surface area contributed by atoms with Crippen LogP contribution < -0.4 is 24.9 Å². The molecule has 0 spiro atoms. The van der Waals surface area contributed by atoms with Crippen LogP contribution in [-0.4, -0.2) is 339 Å². The van der Waals surface area contributed by atoms with Gasteiger partial charge in [-0.1, -0.05) is 58.0 Å². The van der Waals surface area contributed by atoms with Crippen LogP contribution in [0, 0.1) is 5.92 Å². The smallest absolute Gasteiger partial charge is 0.307 e. The van der Waals surface area contributed by atoms with Crippen molar-refractivity contribution in [1.29, 1.82) is 0 Å². The molecule has 8 saturated heterocycles. The van der Waals surface area contributed by atoms with Crippen molar-refractivity contribution in [2.75, 3.05) is 230 Å². The highest BCUT2D eigenvalue weighted by Gasteiger charge is 2.37. The third kappa shape index (κ3) is 25.1. The van der Waals surface area contributed by atoms with Crippen molar-refractivity contribution >= 4 is 153 Å². The van der Waals surface area contributed by atoms with Crippen LogP contribution in [0.3, 0.4) is 0 Å². The fraction of sp³-hybridized carbons (Fsp3) is 0.421. The summed E-state index contributed by atoms with van der Waals surface area (Å²) in [5.74, 6) is 5.35. The number of esters is 1. The monoisotopic (exact) mass is 2060 g/mol. The molecule has 0 bridgehead atoms. The Bertz CT molecular complexity index is 6750. The minimum absolute atomic E-state index is 0.0880. The van der Waals surface area contributed by atoms with Gasteiger partial charge in [0.25, 0.3) is 0 Å². The molecule has 145 heavy (non-hydrogen) atoms. The Balaban J connectivity index is 0.000000115. The summed E-state index contributed by atoms with van der Waals surface area (Å²) in [7, 11) is 5.78. The molecule has 23 rings (SSSR count). The predicted octanol–water partition coefficient (Wildman–Crippen LogP) is 16.3. The number of pyridine rings is 5. The third-order valence-electron chi connectivity index (χ3n) is 28.4. The summed E-state index contributed by atoms with van der Waals surface area (Å²) in [4.78, 5) is 68.2. The van der Waals surface area contributed by atoms with E-state index in [2.05, 4.69) is 94.5 Å². The van der Waals surface area contributed by atoms with E-state index < -0.39 is 0 Å². The molecule has 33 nitrogen and oxygen atoms in total. The summed E-state index contributed by atoms with van der Waals surface area (Å²) in [6, 6.07) is 48.7. The molecule has 0 radical (unpaired) electrons. The summed E-state index contributed by atoms with van der Waals surface area (Å²) >= 11 is 30.3. The lowest BCUT2D eigenvalue weighted by Crippen LogP contribution is -2.53. The van der Waals surface area contributed by atoms with E-state index >= 15 is 0 Å². The Morgan fingerprint density at radius 1 is 0.359 bits per heavy atom. The Morgan fingerprint density at radius 3 is 1.15 bits per heavy atom. The summed E-state index contributed by atoms with van der Waals surface area (Å²) < 4.78 is 42.6. The number of likely N-dealkylation sites (tertiary alicyclic amines) is 1. The second kappa shape index (κ2) is 49.3. The van der Waals surface area contributed by atoms with E-state index in [1.54, 1.807) is 24.8 Å². The van der Waals surface area contributed by atoms with E-state index in [1.807, 2.05) is 206 Å². The fourth-order valence-electron chi connectivity index (χ4n) is 20.3. The molecule has 0 aliphatic carbocycles. The number of nitrogens with one attached hydrogen (secondary N) is 1. The molecule has 10 aromatic heterocycles. The number of morpholine rings is 5. The van der Waals surface area contributed by atoms with Crippen LogP contribution >= 0.6 is 58.0 Å². The fourth-order valence-corrected chi connectivity index (χ4v) is 20.9.